The zero-order chi connectivity index (χ0) is 22.7. The average Bonchev–Trinajstić information content (AvgIpc) is 3.39. The van der Waals surface area contributed by atoms with Crippen LogP contribution in [0.5, 0.6) is 0 Å². The van der Waals surface area contributed by atoms with Crippen molar-refractivity contribution >= 4 is 38.8 Å². The molecule has 0 spiro atoms. The fourth-order valence-electron chi connectivity index (χ4n) is 3.23. The maximum Gasteiger partial charge on any atom is 0.322 e. The summed E-state index contributed by atoms with van der Waals surface area (Å²) in [6.07, 6.45) is 1.94. The highest BCUT2D eigenvalue weighted by atomic mass is 32.3. The lowest BCUT2D eigenvalue weighted by molar-refractivity contribution is -0.138. The molecule has 0 amide bonds. The first-order valence-electron chi connectivity index (χ1n) is 9.93. The molecule has 0 saturated carbocycles. The molecule has 0 radical (unpaired) electrons. The molecule has 0 aliphatic carbocycles. The van der Waals surface area contributed by atoms with Crippen LogP contribution in [0.1, 0.15) is 23.4 Å². The number of hydrogen-bond donors (Lipinski definition) is 3. The monoisotopic (exact) mass is 467 g/mol. The second-order valence-electron chi connectivity index (χ2n) is 7.43. The number of carboxylic acids is 1. The summed E-state index contributed by atoms with van der Waals surface area (Å²) < 4.78 is 27.2. The minimum absolute atomic E-state index is 0.0891. The summed E-state index contributed by atoms with van der Waals surface area (Å²) in [5.41, 5.74) is 3.44. The summed E-state index contributed by atoms with van der Waals surface area (Å²) in [6, 6.07) is 13.7. The van der Waals surface area contributed by atoms with Gasteiger partial charge in [0.25, 0.3) is 0 Å². The van der Waals surface area contributed by atoms with Crippen molar-refractivity contribution in [1.29, 1.82) is 0 Å². The summed E-state index contributed by atoms with van der Waals surface area (Å²) >= 11 is 1.12. The number of carbonyl (C=O) groups is 1. The molecular weight excluding hydrogens is 446 g/mol. The van der Waals surface area contributed by atoms with Crippen LogP contribution in [0.4, 0.5) is 0 Å². The molecule has 9 heteroatoms. The van der Waals surface area contributed by atoms with Crippen molar-refractivity contribution in [3.05, 3.63) is 76.5 Å². The van der Waals surface area contributed by atoms with Gasteiger partial charge >= 0.3 is 5.97 Å². The molecule has 4 rings (SSSR count). The number of carboxylic acid groups (broad SMARTS) is 1. The van der Waals surface area contributed by atoms with E-state index in [-0.39, 0.29) is 12.8 Å². The van der Waals surface area contributed by atoms with Gasteiger partial charge in [-0.05, 0) is 37.6 Å². The van der Waals surface area contributed by atoms with Crippen LogP contribution in [0.25, 0.3) is 11.0 Å². The number of nitrogens with one attached hydrogen (secondary N) is 2. The fraction of sp³-hybridized carbons (Fsp3) is 0.217. The summed E-state index contributed by atoms with van der Waals surface area (Å²) in [5.74, 6) is 5.18. The molecule has 0 bridgehead atoms. The van der Waals surface area contributed by atoms with Gasteiger partial charge in [0.05, 0.1) is 15.9 Å². The van der Waals surface area contributed by atoms with E-state index in [9.17, 15) is 18.3 Å². The van der Waals surface area contributed by atoms with Crippen molar-refractivity contribution in [2.45, 2.75) is 30.4 Å². The van der Waals surface area contributed by atoms with Gasteiger partial charge in [0.1, 0.15) is 16.4 Å². The minimum atomic E-state index is -3.91. The summed E-state index contributed by atoms with van der Waals surface area (Å²) in [4.78, 5) is 19.8. The molecular formula is C23H21N3O4S2. The van der Waals surface area contributed by atoms with Gasteiger partial charge in [-0.1, -0.05) is 59.5 Å². The molecule has 7 nitrogen and oxygen atoms in total. The Bertz CT molecular complexity index is 1320. The molecule has 3 aromatic rings. The lowest BCUT2D eigenvalue weighted by Crippen LogP contribution is -2.45. The van der Waals surface area contributed by atoms with E-state index in [1.807, 2.05) is 49.4 Å². The zero-order valence-corrected chi connectivity index (χ0v) is 18.8. The van der Waals surface area contributed by atoms with Crippen LogP contribution in [-0.4, -0.2) is 40.1 Å². The summed E-state index contributed by atoms with van der Waals surface area (Å²) in [6.45, 7) is 1.99. The molecule has 1 aliphatic heterocycles. The lowest BCUT2D eigenvalue weighted by Gasteiger charge is -2.17. The number of nitrogens with zero attached hydrogens (tertiary/aromatic N) is 1. The summed E-state index contributed by atoms with van der Waals surface area (Å²) in [5, 5.41) is 9.59. The Balaban J connectivity index is 1.42. The van der Waals surface area contributed by atoms with E-state index in [1.165, 1.54) is 0 Å². The smallest absolute Gasteiger partial charge is 0.322 e. The van der Waals surface area contributed by atoms with Gasteiger partial charge in [-0.2, -0.15) is 4.72 Å². The molecule has 0 saturated heterocycles. The number of allylic oxidation sites excluding steroid dienone is 2. The Morgan fingerprint density at radius 3 is 2.72 bits per heavy atom. The number of imidazole rings is 1. The Hall–Kier alpha value is -3.06. The van der Waals surface area contributed by atoms with E-state index in [4.69, 9.17) is 0 Å². The van der Waals surface area contributed by atoms with Gasteiger partial charge in [-0.25, -0.2) is 13.4 Å². The number of thioether (sulfide) groups is 1. The molecule has 32 heavy (non-hydrogen) atoms. The van der Waals surface area contributed by atoms with Gasteiger partial charge < -0.3 is 10.1 Å². The number of rotatable bonds is 6. The van der Waals surface area contributed by atoms with Crippen LogP contribution in [-0.2, 0) is 21.2 Å². The Morgan fingerprint density at radius 1 is 1.25 bits per heavy atom. The van der Waals surface area contributed by atoms with E-state index < -0.39 is 26.6 Å². The average molecular weight is 468 g/mol. The third kappa shape index (κ3) is 5.22. The number of fused-ring (bicyclic) bond motifs is 1. The van der Waals surface area contributed by atoms with Crippen molar-refractivity contribution in [2.75, 3.05) is 0 Å². The molecule has 3 N–H and O–H groups in total. The van der Waals surface area contributed by atoms with E-state index in [0.29, 0.717) is 16.2 Å². The SMILES string of the molecule is Cc1ccc(C#CC2=CCC(S(=O)(=O)N[C@@H](Cc3nc4ccccc4[nH]3)C(=O)O)S2)cc1. The third-order valence-electron chi connectivity index (χ3n) is 4.92. The predicted octanol–water partition coefficient (Wildman–Crippen LogP) is 3.19. The van der Waals surface area contributed by atoms with Gasteiger partial charge in [-0.15, -0.1) is 0 Å². The number of sulfonamides is 1. The van der Waals surface area contributed by atoms with Crippen molar-refractivity contribution in [2.24, 2.45) is 0 Å². The van der Waals surface area contributed by atoms with Crippen molar-refractivity contribution in [1.82, 2.24) is 14.7 Å². The number of aromatic nitrogens is 2. The molecule has 0 fully saturated rings. The first kappa shape index (κ1) is 22.1. The number of benzene rings is 2. The van der Waals surface area contributed by atoms with E-state index >= 15 is 0 Å². The maximum absolute atomic E-state index is 12.9. The maximum atomic E-state index is 12.9. The topological polar surface area (TPSA) is 112 Å². The molecule has 2 aromatic carbocycles. The number of para-hydroxylation sites is 2. The van der Waals surface area contributed by atoms with E-state index in [2.05, 4.69) is 26.5 Å². The molecule has 1 aromatic heterocycles. The first-order valence-corrected chi connectivity index (χ1v) is 12.4. The lowest BCUT2D eigenvalue weighted by atomic mass is 10.1. The quantitative estimate of drug-likeness (QED) is 0.480. The van der Waals surface area contributed by atoms with Crippen LogP contribution in [0.2, 0.25) is 0 Å². The third-order valence-corrected chi connectivity index (χ3v) is 8.45. The molecule has 2 atom stereocenters. The Labute approximate surface area is 190 Å². The van der Waals surface area contributed by atoms with Crippen LogP contribution < -0.4 is 4.72 Å². The van der Waals surface area contributed by atoms with E-state index in [1.54, 1.807) is 12.1 Å². The van der Waals surface area contributed by atoms with Crippen molar-refractivity contribution in [3.8, 4) is 11.8 Å². The van der Waals surface area contributed by atoms with Crippen LogP contribution in [0.15, 0.2) is 59.5 Å². The van der Waals surface area contributed by atoms with Gasteiger partial charge in [-0.3, -0.25) is 4.79 Å². The number of hydrogen-bond acceptors (Lipinski definition) is 5. The van der Waals surface area contributed by atoms with Crippen LogP contribution >= 0.6 is 11.8 Å². The number of aryl methyl sites for hydroxylation is 1. The predicted molar refractivity (Wildman–Crippen MR) is 125 cm³/mol. The number of H-pyrrole nitrogens is 1. The molecule has 164 valence electrons. The number of aliphatic carboxylic acids is 1. The fourth-order valence-corrected chi connectivity index (χ4v) is 6.08. The number of aromatic amines is 1. The molecule has 1 unspecified atom stereocenters. The highest BCUT2D eigenvalue weighted by Gasteiger charge is 2.34. The standard InChI is InChI=1S/C23H21N3O4S2/c1-15-6-8-16(9-7-15)10-11-17-12-13-22(31-17)32(29,30)26-20(23(27)28)14-21-24-18-4-2-3-5-19(18)25-21/h2-9,12,20,22,26H,13-14H2,1H3,(H,24,25)(H,27,28)/t20-,22?/m0/s1. The highest BCUT2D eigenvalue weighted by molar-refractivity contribution is 8.15. The largest absolute Gasteiger partial charge is 0.480 e. The second kappa shape index (κ2) is 9.20. The summed E-state index contributed by atoms with van der Waals surface area (Å²) in [7, 11) is -3.91. The zero-order valence-electron chi connectivity index (χ0n) is 17.2. The highest BCUT2D eigenvalue weighted by Crippen LogP contribution is 2.35. The normalized spacial score (nSPS) is 16.9. The Morgan fingerprint density at radius 2 is 2.00 bits per heavy atom. The first-order chi connectivity index (χ1) is 15.3. The van der Waals surface area contributed by atoms with Gasteiger partial charge in [0, 0.05) is 12.0 Å². The Kier molecular flexibility index (Phi) is 6.37. The van der Waals surface area contributed by atoms with Gasteiger partial charge in [0.15, 0.2) is 0 Å². The van der Waals surface area contributed by atoms with Crippen molar-refractivity contribution in [3.63, 3.8) is 0 Å². The molecule has 1 aliphatic rings. The minimum Gasteiger partial charge on any atom is -0.480 e. The van der Waals surface area contributed by atoms with Crippen LogP contribution in [0, 0.1) is 18.8 Å². The van der Waals surface area contributed by atoms with E-state index in [0.717, 1.165) is 28.4 Å². The van der Waals surface area contributed by atoms with Crippen molar-refractivity contribution < 1.29 is 18.3 Å². The molecule has 2 heterocycles. The van der Waals surface area contributed by atoms with Crippen LogP contribution in [0.3, 0.4) is 0 Å². The van der Waals surface area contributed by atoms with Gasteiger partial charge in [0.2, 0.25) is 10.0 Å². The second-order valence-corrected chi connectivity index (χ2v) is 10.9.